The average Bonchev–Trinajstić information content (AvgIpc) is 2.99. The minimum Gasteiger partial charge on any atom is -0.475 e. The van der Waals surface area contributed by atoms with Crippen LogP contribution in [0.25, 0.3) is 22.4 Å². The Morgan fingerprint density at radius 3 is 2.75 bits per heavy atom. The summed E-state index contributed by atoms with van der Waals surface area (Å²) in [7, 11) is 0. The Morgan fingerprint density at radius 1 is 1.29 bits per heavy atom. The van der Waals surface area contributed by atoms with Gasteiger partial charge in [-0.15, -0.1) is 0 Å². The number of halogens is 1. The number of carboxylic acids is 1. The molecule has 0 unspecified atom stereocenters. The van der Waals surface area contributed by atoms with Gasteiger partial charge in [-0.2, -0.15) is 0 Å². The molecular weight excluding hydrogens is 309 g/mol. The molecule has 1 aromatic carbocycles. The molecule has 0 saturated heterocycles. The molecule has 24 heavy (non-hydrogen) atoms. The van der Waals surface area contributed by atoms with Crippen LogP contribution >= 0.6 is 0 Å². The summed E-state index contributed by atoms with van der Waals surface area (Å²) in [6, 6.07) is 8.18. The summed E-state index contributed by atoms with van der Waals surface area (Å²) in [4.78, 5) is 15.7. The number of furan rings is 1. The van der Waals surface area contributed by atoms with Crippen molar-refractivity contribution in [1.82, 2.24) is 4.98 Å². The number of aryl methyl sites for hydroxylation is 2. The summed E-state index contributed by atoms with van der Waals surface area (Å²) in [5.41, 5.74) is 3.98. The molecular formula is C19H18FNO3. The fourth-order valence-corrected chi connectivity index (χ4v) is 2.70. The van der Waals surface area contributed by atoms with Crippen molar-refractivity contribution < 1.29 is 18.7 Å². The summed E-state index contributed by atoms with van der Waals surface area (Å²) in [6.45, 7) is 3.79. The van der Waals surface area contributed by atoms with E-state index < -0.39 is 5.97 Å². The van der Waals surface area contributed by atoms with Crippen molar-refractivity contribution in [3.63, 3.8) is 0 Å². The zero-order valence-corrected chi connectivity index (χ0v) is 13.6. The quantitative estimate of drug-likeness (QED) is 0.717. The van der Waals surface area contributed by atoms with Crippen LogP contribution in [0.3, 0.4) is 0 Å². The van der Waals surface area contributed by atoms with Gasteiger partial charge in [-0.3, -0.25) is 0 Å². The molecule has 3 rings (SSSR count). The van der Waals surface area contributed by atoms with Crippen LogP contribution < -0.4 is 0 Å². The van der Waals surface area contributed by atoms with Crippen LogP contribution in [-0.4, -0.2) is 16.1 Å². The molecule has 0 fully saturated rings. The number of hydrogen-bond donors (Lipinski definition) is 1. The Morgan fingerprint density at radius 2 is 2.08 bits per heavy atom. The zero-order valence-electron chi connectivity index (χ0n) is 13.6. The van der Waals surface area contributed by atoms with E-state index in [1.54, 1.807) is 19.1 Å². The van der Waals surface area contributed by atoms with Gasteiger partial charge in [0.25, 0.3) is 0 Å². The maximum atomic E-state index is 13.5. The summed E-state index contributed by atoms with van der Waals surface area (Å²) >= 11 is 0. The van der Waals surface area contributed by atoms with Crippen molar-refractivity contribution in [2.24, 2.45) is 0 Å². The Labute approximate surface area is 138 Å². The number of carboxylic acid groups (broad SMARTS) is 1. The SMILES string of the molecule is CCCCc1cc(-c2ccc(F)c(C)c2)nc2cc(C(=O)O)oc12. The Kier molecular flexibility index (Phi) is 4.34. The molecule has 0 radical (unpaired) electrons. The van der Waals surface area contributed by atoms with E-state index in [9.17, 15) is 9.18 Å². The number of fused-ring (bicyclic) bond motifs is 1. The van der Waals surface area contributed by atoms with Crippen LogP contribution in [0.15, 0.2) is 34.7 Å². The second-order valence-electron chi connectivity index (χ2n) is 5.86. The van der Waals surface area contributed by atoms with Crippen LogP contribution in [0, 0.1) is 12.7 Å². The monoisotopic (exact) mass is 327 g/mol. The number of aromatic nitrogens is 1. The van der Waals surface area contributed by atoms with Gasteiger partial charge in [-0.25, -0.2) is 14.2 Å². The predicted octanol–water partition coefficient (Wildman–Crippen LogP) is 4.98. The highest BCUT2D eigenvalue weighted by Gasteiger charge is 2.16. The highest BCUT2D eigenvalue weighted by atomic mass is 19.1. The smallest absolute Gasteiger partial charge is 0.371 e. The van der Waals surface area contributed by atoms with Gasteiger partial charge in [0, 0.05) is 11.6 Å². The largest absolute Gasteiger partial charge is 0.475 e. The molecule has 0 aliphatic rings. The van der Waals surface area contributed by atoms with Crippen LogP contribution in [0.4, 0.5) is 4.39 Å². The minimum absolute atomic E-state index is 0.123. The maximum Gasteiger partial charge on any atom is 0.371 e. The first kappa shape index (κ1) is 16.2. The summed E-state index contributed by atoms with van der Waals surface area (Å²) < 4.78 is 19.0. The molecule has 4 nitrogen and oxygen atoms in total. The van der Waals surface area contributed by atoms with E-state index >= 15 is 0 Å². The second-order valence-corrected chi connectivity index (χ2v) is 5.86. The van der Waals surface area contributed by atoms with Gasteiger partial charge in [-0.05, 0) is 55.2 Å². The molecule has 0 atom stereocenters. The fourth-order valence-electron chi connectivity index (χ4n) is 2.70. The molecule has 3 aromatic rings. The van der Waals surface area contributed by atoms with Crippen molar-refractivity contribution in [2.45, 2.75) is 33.1 Å². The van der Waals surface area contributed by atoms with Crippen LogP contribution in [0.2, 0.25) is 0 Å². The molecule has 0 bridgehead atoms. The highest BCUT2D eigenvalue weighted by molar-refractivity contribution is 5.91. The second kappa shape index (κ2) is 6.43. The lowest BCUT2D eigenvalue weighted by Gasteiger charge is -2.07. The molecule has 0 amide bonds. The van der Waals surface area contributed by atoms with E-state index in [0.717, 1.165) is 30.4 Å². The Hall–Kier alpha value is -2.69. The number of unbranched alkanes of at least 4 members (excludes halogenated alkanes) is 1. The molecule has 1 N–H and O–H groups in total. The molecule has 124 valence electrons. The molecule has 0 saturated carbocycles. The number of hydrogen-bond acceptors (Lipinski definition) is 3. The van der Waals surface area contributed by atoms with Gasteiger partial charge in [0.2, 0.25) is 5.76 Å². The normalized spacial score (nSPS) is 11.1. The van der Waals surface area contributed by atoms with E-state index in [4.69, 9.17) is 9.52 Å². The lowest BCUT2D eigenvalue weighted by atomic mass is 10.0. The molecule has 0 aliphatic carbocycles. The van der Waals surface area contributed by atoms with Crippen molar-refractivity contribution in [2.75, 3.05) is 0 Å². The Balaban J connectivity index is 2.17. The molecule has 5 heteroatoms. The molecule has 2 aromatic heterocycles. The van der Waals surface area contributed by atoms with E-state index in [2.05, 4.69) is 11.9 Å². The van der Waals surface area contributed by atoms with Crippen LogP contribution in [0.1, 0.15) is 41.4 Å². The fraction of sp³-hybridized carbons (Fsp3) is 0.263. The summed E-state index contributed by atoms with van der Waals surface area (Å²) in [6.07, 6.45) is 2.75. The van der Waals surface area contributed by atoms with Crippen molar-refractivity contribution >= 4 is 17.1 Å². The van der Waals surface area contributed by atoms with E-state index in [1.165, 1.54) is 12.1 Å². The Bertz CT molecular complexity index is 914. The number of nitrogens with zero attached hydrogens (tertiary/aromatic N) is 1. The van der Waals surface area contributed by atoms with Gasteiger partial charge in [0.1, 0.15) is 11.3 Å². The topological polar surface area (TPSA) is 63.3 Å². The van der Waals surface area contributed by atoms with E-state index in [0.29, 0.717) is 22.4 Å². The highest BCUT2D eigenvalue weighted by Crippen LogP contribution is 2.29. The average molecular weight is 327 g/mol. The third kappa shape index (κ3) is 3.02. The van der Waals surface area contributed by atoms with Gasteiger partial charge in [0.15, 0.2) is 5.58 Å². The third-order valence-corrected chi connectivity index (χ3v) is 4.02. The van der Waals surface area contributed by atoms with Gasteiger partial charge in [0.05, 0.1) is 5.69 Å². The van der Waals surface area contributed by atoms with E-state index in [-0.39, 0.29) is 11.6 Å². The summed E-state index contributed by atoms with van der Waals surface area (Å²) in [5.74, 6) is -1.50. The third-order valence-electron chi connectivity index (χ3n) is 4.02. The number of pyridine rings is 1. The standard InChI is InChI=1S/C19H18FNO3/c1-3-4-5-13-9-15(12-6-7-14(20)11(2)8-12)21-16-10-17(19(22)23)24-18(13)16/h6-10H,3-5H2,1-2H3,(H,22,23). The van der Waals surface area contributed by atoms with Gasteiger partial charge in [-0.1, -0.05) is 13.3 Å². The first-order chi connectivity index (χ1) is 11.5. The van der Waals surface area contributed by atoms with E-state index in [1.807, 2.05) is 6.07 Å². The van der Waals surface area contributed by atoms with Crippen molar-refractivity contribution in [3.8, 4) is 11.3 Å². The molecule has 0 aliphatic heterocycles. The lowest BCUT2D eigenvalue weighted by molar-refractivity contribution is 0.0665. The summed E-state index contributed by atoms with van der Waals surface area (Å²) in [5, 5.41) is 9.14. The number of benzene rings is 1. The zero-order chi connectivity index (χ0) is 17.3. The van der Waals surface area contributed by atoms with Crippen molar-refractivity contribution in [1.29, 1.82) is 0 Å². The van der Waals surface area contributed by atoms with Gasteiger partial charge >= 0.3 is 5.97 Å². The molecule has 2 heterocycles. The number of rotatable bonds is 5. The molecule has 0 spiro atoms. The van der Waals surface area contributed by atoms with Crippen molar-refractivity contribution in [3.05, 3.63) is 53.0 Å². The predicted molar refractivity (Wildman–Crippen MR) is 89.7 cm³/mol. The first-order valence-electron chi connectivity index (χ1n) is 7.93. The maximum absolute atomic E-state index is 13.5. The number of aromatic carboxylic acids is 1. The van der Waals surface area contributed by atoms with Gasteiger partial charge < -0.3 is 9.52 Å². The van der Waals surface area contributed by atoms with Crippen LogP contribution in [-0.2, 0) is 6.42 Å². The lowest BCUT2D eigenvalue weighted by Crippen LogP contribution is -1.92. The first-order valence-corrected chi connectivity index (χ1v) is 7.93. The van der Waals surface area contributed by atoms with Crippen LogP contribution in [0.5, 0.6) is 0 Å². The minimum atomic E-state index is -1.12. The number of carbonyl (C=O) groups is 1.